The van der Waals surface area contributed by atoms with E-state index in [1.54, 1.807) is 7.11 Å². The zero-order valence-corrected chi connectivity index (χ0v) is 21.8. The van der Waals surface area contributed by atoms with Crippen LogP contribution in [0.15, 0.2) is 48.5 Å². The summed E-state index contributed by atoms with van der Waals surface area (Å²) in [5.74, 6) is -2.27. The quantitative estimate of drug-likeness (QED) is 0.414. The van der Waals surface area contributed by atoms with Crippen LogP contribution in [0.25, 0.3) is 10.8 Å². The fraction of sp³-hybridized carbons (Fsp3) is 0.452. The van der Waals surface area contributed by atoms with Gasteiger partial charge in [-0.2, -0.15) is 0 Å². The molecule has 2 aliphatic heterocycles. The van der Waals surface area contributed by atoms with E-state index in [0.717, 1.165) is 31.2 Å². The summed E-state index contributed by atoms with van der Waals surface area (Å²) in [5, 5.41) is 5.74. The van der Waals surface area contributed by atoms with Gasteiger partial charge in [0.25, 0.3) is 0 Å². The number of halogens is 2. The average Bonchev–Trinajstić information content (AvgIpc) is 3.72. The molecule has 7 heteroatoms. The van der Waals surface area contributed by atoms with Crippen molar-refractivity contribution in [1.29, 1.82) is 0 Å². The highest BCUT2D eigenvalue weighted by Gasteiger charge is 2.53. The minimum Gasteiger partial charge on any atom is -0.385 e. The van der Waals surface area contributed by atoms with E-state index in [1.807, 2.05) is 4.90 Å². The summed E-state index contributed by atoms with van der Waals surface area (Å²) in [6, 6.07) is 15.3. The Kier molecular flexibility index (Phi) is 6.93. The van der Waals surface area contributed by atoms with Crippen LogP contribution in [0.1, 0.15) is 47.9 Å². The van der Waals surface area contributed by atoms with Crippen molar-refractivity contribution in [3.05, 3.63) is 82.4 Å². The fourth-order valence-corrected chi connectivity index (χ4v) is 6.43. The zero-order chi connectivity index (χ0) is 26.3. The first-order chi connectivity index (χ1) is 18.5. The highest BCUT2D eigenvalue weighted by Crippen LogP contribution is 2.48. The topological polar surface area (TPSA) is 50.8 Å². The lowest BCUT2D eigenvalue weighted by Crippen LogP contribution is -2.55. The van der Waals surface area contributed by atoms with Crippen LogP contribution in [0, 0.1) is 17.6 Å². The number of aryl methyl sites for hydroxylation is 1. The predicted molar refractivity (Wildman–Crippen MR) is 142 cm³/mol. The summed E-state index contributed by atoms with van der Waals surface area (Å²) in [5.41, 5.74) is 2.71. The van der Waals surface area contributed by atoms with Gasteiger partial charge in [-0.05, 0) is 83.8 Å². The number of rotatable bonds is 8. The summed E-state index contributed by atoms with van der Waals surface area (Å²) >= 11 is 0. The Morgan fingerprint density at radius 3 is 2.66 bits per heavy atom. The first kappa shape index (κ1) is 25.4. The highest BCUT2D eigenvalue weighted by molar-refractivity contribution is 5.90. The zero-order valence-electron chi connectivity index (χ0n) is 21.8. The molecule has 6 rings (SSSR count). The van der Waals surface area contributed by atoms with Crippen LogP contribution >= 0.6 is 0 Å². The van der Waals surface area contributed by atoms with E-state index >= 15 is 0 Å². The Morgan fingerprint density at radius 2 is 1.89 bits per heavy atom. The van der Waals surface area contributed by atoms with Gasteiger partial charge in [0.05, 0.1) is 12.5 Å². The van der Waals surface area contributed by atoms with Gasteiger partial charge < -0.3 is 19.7 Å². The largest absolute Gasteiger partial charge is 0.385 e. The molecule has 3 aliphatic rings. The first-order valence-corrected chi connectivity index (χ1v) is 13.6. The van der Waals surface area contributed by atoms with Crippen LogP contribution in [-0.2, 0) is 39.4 Å². The number of amides is 1. The van der Waals surface area contributed by atoms with Crippen molar-refractivity contribution in [2.24, 2.45) is 5.92 Å². The molecule has 1 N–H and O–H groups in total. The van der Waals surface area contributed by atoms with E-state index < -0.39 is 23.2 Å². The van der Waals surface area contributed by atoms with Crippen molar-refractivity contribution in [2.75, 3.05) is 26.8 Å². The van der Waals surface area contributed by atoms with Crippen LogP contribution in [0.4, 0.5) is 8.78 Å². The molecule has 0 aromatic heterocycles. The fourth-order valence-electron chi connectivity index (χ4n) is 6.43. The predicted octanol–water partition coefficient (Wildman–Crippen LogP) is 5.22. The number of carbonyl (C=O) groups is 1. The van der Waals surface area contributed by atoms with Crippen LogP contribution < -0.4 is 5.32 Å². The molecule has 38 heavy (non-hydrogen) atoms. The molecule has 1 amide bonds. The third-order valence-corrected chi connectivity index (χ3v) is 8.45. The van der Waals surface area contributed by atoms with Gasteiger partial charge in [0.1, 0.15) is 5.60 Å². The third-order valence-electron chi connectivity index (χ3n) is 8.45. The SMILES string of the molecule is COCCCc1cccc2cccc(CN(C(=O)[C@H]3CNCC[C@@]34OCc3cc(F)c(F)cc34)C3CC3)c12. The van der Waals surface area contributed by atoms with Crippen molar-refractivity contribution in [3.63, 3.8) is 0 Å². The molecular weight excluding hydrogens is 486 g/mol. The number of fused-ring (bicyclic) bond motifs is 3. The second-order valence-corrected chi connectivity index (χ2v) is 10.8. The maximum atomic E-state index is 14.4. The van der Waals surface area contributed by atoms with Gasteiger partial charge >= 0.3 is 0 Å². The van der Waals surface area contributed by atoms with Crippen LogP contribution in [0.3, 0.4) is 0 Å². The smallest absolute Gasteiger partial charge is 0.230 e. The second-order valence-electron chi connectivity index (χ2n) is 10.8. The molecule has 0 unspecified atom stereocenters. The minimum atomic E-state index is -0.941. The van der Waals surface area contributed by atoms with Crippen LogP contribution in [0.5, 0.6) is 0 Å². The normalized spacial score (nSPS) is 22.7. The number of piperidine rings is 1. The van der Waals surface area contributed by atoms with E-state index in [2.05, 4.69) is 41.7 Å². The number of methoxy groups -OCH3 is 1. The van der Waals surface area contributed by atoms with Crippen LogP contribution in [0.2, 0.25) is 0 Å². The van der Waals surface area contributed by atoms with Gasteiger partial charge in [-0.25, -0.2) is 8.78 Å². The van der Waals surface area contributed by atoms with Gasteiger partial charge in [-0.15, -0.1) is 0 Å². The average molecular weight is 521 g/mol. The maximum absolute atomic E-state index is 14.4. The van der Waals surface area contributed by atoms with Crippen molar-refractivity contribution in [2.45, 2.75) is 56.9 Å². The number of nitrogens with one attached hydrogen (secondary N) is 1. The highest BCUT2D eigenvalue weighted by atomic mass is 19.2. The van der Waals surface area contributed by atoms with Gasteiger partial charge in [-0.3, -0.25) is 4.79 Å². The van der Waals surface area contributed by atoms with E-state index in [-0.39, 0.29) is 18.6 Å². The summed E-state index contributed by atoms with van der Waals surface area (Å²) in [4.78, 5) is 16.4. The lowest BCUT2D eigenvalue weighted by molar-refractivity contribution is -0.157. The Labute approximate surface area is 222 Å². The Bertz CT molecular complexity index is 1350. The molecule has 1 spiro atoms. The number of carbonyl (C=O) groups excluding carboxylic acids is 1. The molecule has 1 aliphatic carbocycles. The second kappa shape index (κ2) is 10.4. The monoisotopic (exact) mass is 520 g/mol. The molecule has 2 heterocycles. The summed E-state index contributed by atoms with van der Waals surface area (Å²) in [7, 11) is 1.72. The van der Waals surface area contributed by atoms with E-state index in [1.165, 1.54) is 28.5 Å². The van der Waals surface area contributed by atoms with Gasteiger partial charge in [0.15, 0.2) is 11.6 Å². The number of benzene rings is 3. The molecule has 0 bridgehead atoms. The first-order valence-electron chi connectivity index (χ1n) is 13.6. The molecular formula is C31H34F2N2O3. The van der Waals surface area contributed by atoms with Crippen molar-refractivity contribution < 1.29 is 23.0 Å². The van der Waals surface area contributed by atoms with E-state index in [9.17, 15) is 13.6 Å². The Balaban J connectivity index is 1.34. The lowest BCUT2D eigenvalue weighted by Gasteiger charge is -2.43. The van der Waals surface area contributed by atoms with E-state index in [0.29, 0.717) is 43.8 Å². The molecule has 2 fully saturated rings. The number of hydrogen-bond donors (Lipinski definition) is 1. The van der Waals surface area contributed by atoms with Gasteiger partial charge in [-0.1, -0.05) is 36.4 Å². The number of hydrogen-bond acceptors (Lipinski definition) is 4. The molecule has 3 aromatic carbocycles. The minimum absolute atomic E-state index is 0.0196. The van der Waals surface area contributed by atoms with Crippen molar-refractivity contribution in [1.82, 2.24) is 10.2 Å². The molecule has 1 saturated heterocycles. The molecule has 2 atom stereocenters. The van der Waals surface area contributed by atoms with Crippen molar-refractivity contribution in [3.8, 4) is 0 Å². The van der Waals surface area contributed by atoms with Gasteiger partial charge in [0, 0.05) is 32.8 Å². The van der Waals surface area contributed by atoms with E-state index in [4.69, 9.17) is 9.47 Å². The molecule has 200 valence electrons. The lowest BCUT2D eigenvalue weighted by atomic mass is 9.75. The third kappa shape index (κ3) is 4.51. The number of ether oxygens (including phenoxy) is 2. The molecule has 0 radical (unpaired) electrons. The van der Waals surface area contributed by atoms with Gasteiger partial charge in [0.2, 0.25) is 5.91 Å². The Morgan fingerprint density at radius 1 is 1.13 bits per heavy atom. The number of nitrogens with zero attached hydrogens (tertiary/aromatic N) is 1. The van der Waals surface area contributed by atoms with Crippen molar-refractivity contribution >= 4 is 16.7 Å². The summed E-state index contributed by atoms with van der Waals surface area (Å²) in [6.45, 7) is 2.50. The summed E-state index contributed by atoms with van der Waals surface area (Å²) < 4.78 is 40.0. The summed E-state index contributed by atoms with van der Waals surface area (Å²) in [6.07, 6.45) is 4.32. The molecule has 1 saturated carbocycles. The Hall–Kier alpha value is -2.87. The molecule has 3 aromatic rings. The maximum Gasteiger partial charge on any atom is 0.230 e. The molecule has 5 nitrogen and oxygen atoms in total. The standard InChI is InChI=1S/C31H34F2N2O3/c1-37-14-4-9-21-6-2-5-20-7-3-8-22(29(20)21)18-35(24-10-11-24)30(36)26-17-34-13-12-31(26)25-16-28(33)27(32)15-23(25)19-38-31/h2-3,5-8,15-16,24,26,34H,4,9-14,17-19H2,1H3/t26-,31+/m1/s1. The van der Waals surface area contributed by atoms with Crippen LogP contribution in [-0.4, -0.2) is 43.7 Å².